The van der Waals surface area contributed by atoms with Crippen molar-refractivity contribution in [1.82, 2.24) is 0 Å². The highest BCUT2D eigenvalue weighted by molar-refractivity contribution is 7.92. The standard InChI is InChI=1S/C21H28N2O4S/c1-14(2)19-12-7-9-15(3)20(19)22-21(24)16(4)23(28(6,25)26)17-10-8-11-18(13-17)27-5/h7-14,16H,1-6H3,(H,22,24)/t16-/m1/s1. The van der Waals surface area contributed by atoms with Gasteiger partial charge in [-0.15, -0.1) is 0 Å². The number of ether oxygens (including phenoxy) is 1. The SMILES string of the molecule is COc1cccc(N([C@H](C)C(=O)Nc2c(C)cccc2C(C)C)S(C)(=O)=O)c1. The molecule has 0 unspecified atom stereocenters. The Bertz CT molecular complexity index is 955. The van der Waals surface area contributed by atoms with Crippen molar-refractivity contribution in [2.45, 2.75) is 39.7 Å². The number of rotatable bonds is 7. The number of anilines is 2. The van der Waals surface area contributed by atoms with Crippen molar-refractivity contribution in [3.63, 3.8) is 0 Å². The second-order valence-electron chi connectivity index (χ2n) is 7.12. The first-order chi connectivity index (χ1) is 13.1. The highest BCUT2D eigenvalue weighted by atomic mass is 32.2. The van der Waals surface area contributed by atoms with E-state index >= 15 is 0 Å². The number of methoxy groups -OCH3 is 1. The first-order valence-corrected chi connectivity index (χ1v) is 10.9. The minimum atomic E-state index is -3.70. The lowest BCUT2D eigenvalue weighted by atomic mass is 9.98. The van der Waals surface area contributed by atoms with Crippen LogP contribution in [0.15, 0.2) is 42.5 Å². The van der Waals surface area contributed by atoms with Gasteiger partial charge in [0.15, 0.2) is 0 Å². The maximum atomic E-state index is 13.0. The summed E-state index contributed by atoms with van der Waals surface area (Å²) in [6.45, 7) is 7.59. The molecule has 28 heavy (non-hydrogen) atoms. The van der Waals surface area contributed by atoms with Crippen LogP contribution < -0.4 is 14.4 Å². The summed E-state index contributed by atoms with van der Waals surface area (Å²) in [7, 11) is -2.19. The molecule has 1 atom stereocenters. The lowest BCUT2D eigenvalue weighted by Crippen LogP contribution is -2.45. The quantitative estimate of drug-likeness (QED) is 0.759. The van der Waals surface area contributed by atoms with Crippen LogP contribution >= 0.6 is 0 Å². The van der Waals surface area contributed by atoms with Gasteiger partial charge in [0.2, 0.25) is 15.9 Å². The molecule has 0 aliphatic heterocycles. The van der Waals surface area contributed by atoms with E-state index in [1.165, 1.54) is 7.11 Å². The predicted molar refractivity (Wildman–Crippen MR) is 114 cm³/mol. The third kappa shape index (κ3) is 4.84. The largest absolute Gasteiger partial charge is 0.497 e. The van der Waals surface area contributed by atoms with E-state index in [-0.39, 0.29) is 5.92 Å². The maximum absolute atomic E-state index is 13.0. The molecular formula is C21H28N2O4S. The number of aryl methyl sites for hydroxylation is 1. The fourth-order valence-electron chi connectivity index (χ4n) is 3.13. The lowest BCUT2D eigenvalue weighted by molar-refractivity contribution is -0.116. The molecule has 2 aromatic rings. The zero-order chi connectivity index (χ0) is 21.1. The predicted octanol–water partition coefficient (Wildman–Crippen LogP) is 3.92. The Labute approximate surface area is 167 Å². The number of benzene rings is 2. The molecule has 0 bridgehead atoms. The van der Waals surface area contributed by atoms with Gasteiger partial charge in [-0.25, -0.2) is 8.42 Å². The zero-order valence-electron chi connectivity index (χ0n) is 17.2. The fraction of sp³-hybridized carbons (Fsp3) is 0.381. The summed E-state index contributed by atoms with van der Waals surface area (Å²) >= 11 is 0. The van der Waals surface area contributed by atoms with Gasteiger partial charge in [0.05, 0.1) is 19.1 Å². The van der Waals surface area contributed by atoms with Crippen LogP contribution in [-0.4, -0.2) is 33.7 Å². The Morgan fingerprint density at radius 2 is 1.75 bits per heavy atom. The van der Waals surface area contributed by atoms with Gasteiger partial charge < -0.3 is 10.1 Å². The Morgan fingerprint density at radius 3 is 2.32 bits per heavy atom. The van der Waals surface area contributed by atoms with Crippen molar-refractivity contribution in [3.05, 3.63) is 53.6 Å². The van der Waals surface area contributed by atoms with Gasteiger partial charge in [-0.3, -0.25) is 9.10 Å². The van der Waals surface area contributed by atoms with E-state index in [1.54, 1.807) is 31.2 Å². The van der Waals surface area contributed by atoms with Crippen LogP contribution in [0.2, 0.25) is 0 Å². The molecule has 0 aliphatic carbocycles. The number of nitrogens with zero attached hydrogens (tertiary/aromatic N) is 1. The Balaban J connectivity index is 2.41. The number of sulfonamides is 1. The smallest absolute Gasteiger partial charge is 0.248 e. The number of carbonyl (C=O) groups is 1. The molecule has 6 nitrogen and oxygen atoms in total. The van der Waals surface area contributed by atoms with Gasteiger partial charge in [0, 0.05) is 11.8 Å². The number of hydrogen-bond donors (Lipinski definition) is 1. The first kappa shape index (κ1) is 21.8. The Kier molecular flexibility index (Phi) is 6.72. The van der Waals surface area contributed by atoms with Gasteiger partial charge in [0.1, 0.15) is 11.8 Å². The second-order valence-corrected chi connectivity index (χ2v) is 8.98. The van der Waals surface area contributed by atoms with Gasteiger partial charge in [-0.1, -0.05) is 38.1 Å². The summed E-state index contributed by atoms with van der Waals surface area (Å²) in [5.74, 6) is 0.333. The van der Waals surface area contributed by atoms with Crippen molar-refractivity contribution in [3.8, 4) is 5.75 Å². The Hall–Kier alpha value is -2.54. The molecule has 0 aromatic heterocycles. The highest BCUT2D eigenvalue weighted by Crippen LogP contribution is 2.29. The number of nitrogens with one attached hydrogen (secondary N) is 1. The second kappa shape index (κ2) is 8.65. The normalized spacial score (nSPS) is 12.5. The van der Waals surface area contributed by atoms with Crippen molar-refractivity contribution >= 4 is 27.3 Å². The van der Waals surface area contributed by atoms with E-state index in [0.717, 1.165) is 27.4 Å². The molecule has 0 aliphatic rings. The van der Waals surface area contributed by atoms with Crippen LogP contribution in [0.1, 0.15) is 37.8 Å². The van der Waals surface area contributed by atoms with Gasteiger partial charge >= 0.3 is 0 Å². The van der Waals surface area contributed by atoms with Gasteiger partial charge in [-0.05, 0) is 43.0 Å². The minimum Gasteiger partial charge on any atom is -0.497 e. The zero-order valence-corrected chi connectivity index (χ0v) is 18.0. The molecule has 0 spiro atoms. The van der Waals surface area contributed by atoms with Crippen molar-refractivity contribution in [2.24, 2.45) is 0 Å². The van der Waals surface area contributed by atoms with Crippen LogP contribution in [-0.2, 0) is 14.8 Å². The molecule has 0 fully saturated rings. The van der Waals surface area contributed by atoms with Crippen molar-refractivity contribution in [2.75, 3.05) is 23.0 Å². The molecule has 0 radical (unpaired) electrons. The molecule has 0 saturated heterocycles. The van der Waals surface area contributed by atoms with Gasteiger partial charge in [-0.2, -0.15) is 0 Å². The van der Waals surface area contributed by atoms with E-state index < -0.39 is 22.0 Å². The maximum Gasteiger partial charge on any atom is 0.248 e. The lowest BCUT2D eigenvalue weighted by Gasteiger charge is -2.29. The minimum absolute atomic E-state index is 0.218. The average Bonchev–Trinajstić information content (AvgIpc) is 2.62. The Morgan fingerprint density at radius 1 is 1.11 bits per heavy atom. The van der Waals surface area contributed by atoms with Crippen LogP contribution in [0.5, 0.6) is 5.75 Å². The summed E-state index contributed by atoms with van der Waals surface area (Å²) in [5.41, 5.74) is 3.04. The number of amides is 1. The number of para-hydroxylation sites is 1. The van der Waals surface area contributed by atoms with E-state index in [9.17, 15) is 13.2 Å². The fourth-order valence-corrected chi connectivity index (χ4v) is 4.29. The third-order valence-electron chi connectivity index (χ3n) is 4.57. The third-order valence-corrected chi connectivity index (χ3v) is 5.81. The topological polar surface area (TPSA) is 75.7 Å². The van der Waals surface area contributed by atoms with E-state index in [2.05, 4.69) is 5.32 Å². The van der Waals surface area contributed by atoms with Gasteiger partial charge in [0.25, 0.3) is 0 Å². The van der Waals surface area contributed by atoms with Crippen molar-refractivity contribution in [1.29, 1.82) is 0 Å². The van der Waals surface area contributed by atoms with Crippen LogP contribution in [0, 0.1) is 6.92 Å². The molecule has 1 amide bonds. The van der Waals surface area contributed by atoms with E-state index in [0.29, 0.717) is 11.4 Å². The summed E-state index contributed by atoms with van der Waals surface area (Å²) in [6, 6.07) is 11.5. The molecule has 0 heterocycles. The summed E-state index contributed by atoms with van der Waals surface area (Å²) in [6.07, 6.45) is 1.09. The highest BCUT2D eigenvalue weighted by Gasteiger charge is 2.30. The molecule has 2 rings (SSSR count). The first-order valence-electron chi connectivity index (χ1n) is 9.10. The van der Waals surface area contributed by atoms with E-state index in [1.807, 2.05) is 39.0 Å². The number of carbonyl (C=O) groups excluding carboxylic acids is 1. The molecule has 0 saturated carbocycles. The monoisotopic (exact) mass is 404 g/mol. The summed E-state index contributed by atoms with van der Waals surface area (Å²) in [5, 5.41) is 2.93. The van der Waals surface area contributed by atoms with Crippen LogP contribution in [0.3, 0.4) is 0 Å². The molecule has 2 aromatic carbocycles. The molecule has 152 valence electrons. The van der Waals surface area contributed by atoms with Crippen LogP contribution in [0.4, 0.5) is 11.4 Å². The molecular weight excluding hydrogens is 376 g/mol. The summed E-state index contributed by atoms with van der Waals surface area (Å²) < 4.78 is 31.3. The molecule has 1 N–H and O–H groups in total. The average molecular weight is 405 g/mol. The number of hydrogen-bond acceptors (Lipinski definition) is 4. The molecule has 7 heteroatoms. The van der Waals surface area contributed by atoms with Crippen molar-refractivity contribution < 1.29 is 17.9 Å². The summed E-state index contributed by atoms with van der Waals surface area (Å²) in [4.78, 5) is 13.0. The van der Waals surface area contributed by atoms with E-state index in [4.69, 9.17) is 4.74 Å². The van der Waals surface area contributed by atoms with Crippen LogP contribution in [0.25, 0.3) is 0 Å².